The van der Waals surface area contributed by atoms with Crippen molar-refractivity contribution in [3.8, 4) is 0 Å². The molecule has 0 unspecified atom stereocenters. The third-order valence-corrected chi connectivity index (χ3v) is 3.73. The fourth-order valence-corrected chi connectivity index (χ4v) is 2.65. The van der Waals surface area contributed by atoms with Crippen molar-refractivity contribution >= 4 is 46.2 Å². The molecular weight excluding hydrogens is 322 g/mol. The number of nitrogens with zero attached hydrogens (tertiary/aromatic N) is 1. The molecule has 0 aromatic heterocycles. The van der Waals surface area contributed by atoms with Crippen LogP contribution in [0.25, 0.3) is 0 Å². The van der Waals surface area contributed by atoms with Gasteiger partial charge in [0.25, 0.3) is 0 Å². The highest BCUT2D eigenvalue weighted by atomic mass is 35.5. The van der Waals surface area contributed by atoms with Crippen molar-refractivity contribution in [1.29, 1.82) is 0 Å². The number of carbonyl (C=O) groups excluding carboxylic acids is 1. The first-order valence-electron chi connectivity index (χ1n) is 7.33. The van der Waals surface area contributed by atoms with Gasteiger partial charge in [-0.3, -0.25) is 4.79 Å². The van der Waals surface area contributed by atoms with Gasteiger partial charge in [0.1, 0.15) is 0 Å². The van der Waals surface area contributed by atoms with E-state index in [1.54, 1.807) is 0 Å². The Labute approximate surface area is 141 Å². The number of ether oxygens (including phenoxy) is 1. The Kier molecular flexibility index (Phi) is 6.42. The lowest BCUT2D eigenvalue weighted by molar-refractivity contribution is -0.119. The van der Waals surface area contributed by atoms with Gasteiger partial charge in [-0.2, -0.15) is 0 Å². The smallest absolute Gasteiger partial charge is 0.226 e. The van der Waals surface area contributed by atoms with Crippen LogP contribution in [-0.2, 0) is 9.53 Å². The zero-order chi connectivity index (χ0) is 15.9. The molecule has 0 saturated carbocycles. The van der Waals surface area contributed by atoms with E-state index >= 15 is 0 Å². The third kappa shape index (κ3) is 4.83. The molecule has 5 nitrogen and oxygen atoms in total. The summed E-state index contributed by atoms with van der Waals surface area (Å²) in [5.41, 5.74) is 1.79. The molecule has 120 valence electrons. The number of benzene rings is 1. The summed E-state index contributed by atoms with van der Waals surface area (Å²) < 4.78 is 5.37. The molecule has 1 aliphatic heterocycles. The largest absolute Gasteiger partial charge is 0.378 e. The van der Waals surface area contributed by atoms with Gasteiger partial charge in [-0.1, -0.05) is 18.5 Å². The minimum Gasteiger partial charge on any atom is -0.378 e. The Morgan fingerprint density at radius 1 is 1.41 bits per heavy atom. The van der Waals surface area contributed by atoms with Crippen LogP contribution in [0.4, 0.5) is 11.4 Å². The predicted molar refractivity (Wildman–Crippen MR) is 93.8 cm³/mol. The Morgan fingerprint density at radius 3 is 2.82 bits per heavy atom. The molecule has 0 radical (unpaired) electrons. The highest BCUT2D eigenvalue weighted by molar-refractivity contribution is 7.80. The van der Waals surface area contributed by atoms with Gasteiger partial charge in [0, 0.05) is 24.5 Å². The van der Waals surface area contributed by atoms with Crippen LogP contribution in [0, 0.1) is 0 Å². The lowest BCUT2D eigenvalue weighted by Gasteiger charge is -2.30. The normalized spacial score (nSPS) is 14.5. The molecule has 0 spiro atoms. The number of amides is 1. The van der Waals surface area contributed by atoms with Crippen molar-refractivity contribution in [3.63, 3.8) is 0 Å². The topological polar surface area (TPSA) is 53.6 Å². The number of anilines is 2. The summed E-state index contributed by atoms with van der Waals surface area (Å²) in [7, 11) is 0. The van der Waals surface area contributed by atoms with Crippen molar-refractivity contribution in [2.24, 2.45) is 0 Å². The van der Waals surface area contributed by atoms with E-state index in [1.165, 1.54) is 0 Å². The molecule has 0 bridgehead atoms. The first kappa shape index (κ1) is 17.0. The summed E-state index contributed by atoms with van der Waals surface area (Å²) in [6, 6.07) is 5.60. The molecule has 1 saturated heterocycles. The maximum absolute atomic E-state index is 11.6. The van der Waals surface area contributed by atoms with Crippen molar-refractivity contribution in [1.82, 2.24) is 5.32 Å². The van der Waals surface area contributed by atoms with E-state index in [2.05, 4.69) is 15.5 Å². The van der Waals surface area contributed by atoms with Crippen molar-refractivity contribution in [2.45, 2.75) is 19.8 Å². The molecule has 2 rings (SSSR count). The summed E-state index contributed by atoms with van der Waals surface area (Å²) >= 11 is 11.3. The number of carbonyl (C=O) groups is 1. The number of nitrogens with one attached hydrogen (secondary N) is 2. The molecule has 7 heteroatoms. The Bertz CT molecular complexity index is 548. The molecule has 1 aromatic carbocycles. The van der Waals surface area contributed by atoms with Crippen LogP contribution in [0.15, 0.2) is 18.2 Å². The number of thiocarbonyl (C=S) groups is 1. The monoisotopic (exact) mass is 341 g/mol. The second kappa shape index (κ2) is 8.31. The van der Waals surface area contributed by atoms with Crippen molar-refractivity contribution < 1.29 is 9.53 Å². The maximum atomic E-state index is 11.6. The third-order valence-electron chi connectivity index (χ3n) is 3.29. The summed E-state index contributed by atoms with van der Waals surface area (Å²) in [5.74, 6) is -0.0880. The molecular formula is C15H20ClN3O2S. The molecule has 1 heterocycles. The minimum absolute atomic E-state index is 0.0880. The van der Waals surface area contributed by atoms with E-state index in [0.717, 1.165) is 30.9 Å². The second-order valence-corrected chi connectivity index (χ2v) is 5.86. The van der Waals surface area contributed by atoms with Crippen LogP contribution in [0.5, 0.6) is 0 Å². The number of rotatable bonds is 4. The lowest BCUT2D eigenvalue weighted by Crippen LogP contribution is -2.38. The molecule has 1 aliphatic rings. The summed E-state index contributed by atoms with van der Waals surface area (Å²) in [6.45, 7) is 4.96. The Morgan fingerprint density at radius 2 is 2.14 bits per heavy atom. The van der Waals surface area contributed by atoms with Crippen LogP contribution >= 0.6 is 23.8 Å². The van der Waals surface area contributed by atoms with E-state index in [4.69, 9.17) is 28.6 Å². The maximum Gasteiger partial charge on any atom is 0.226 e. The van der Waals surface area contributed by atoms with Gasteiger partial charge < -0.3 is 20.3 Å². The zero-order valence-electron chi connectivity index (χ0n) is 12.5. The number of hydrogen-bond donors (Lipinski definition) is 2. The second-order valence-electron chi connectivity index (χ2n) is 5.01. The SMILES string of the molecule is CCCC(=O)NC(=S)Nc1cc(Cl)ccc1N1CCOCC1. The standard InChI is InChI=1S/C15H20ClN3O2S/c1-2-3-14(20)18-15(22)17-12-10-11(16)4-5-13(12)19-6-8-21-9-7-19/h4-5,10H,2-3,6-9H2,1H3,(H2,17,18,20,22). The summed E-state index contributed by atoms with van der Waals surface area (Å²) in [6.07, 6.45) is 1.23. The average molecular weight is 342 g/mol. The number of morpholine rings is 1. The number of hydrogen-bond acceptors (Lipinski definition) is 4. The average Bonchev–Trinajstić information content (AvgIpc) is 2.48. The van der Waals surface area contributed by atoms with E-state index in [9.17, 15) is 4.79 Å². The van der Waals surface area contributed by atoms with Crippen LogP contribution in [0.1, 0.15) is 19.8 Å². The van der Waals surface area contributed by atoms with Crippen LogP contribution < -0.4 is 15.5 Å². The molecule has 1 amide bonds. The van der Waals surface area contributed by atoms with Crippen LogP contribution in [0.3, 0.4) is 0 Å². The van der Waals surface area contributed by atoms with Gasteiger partial charge in [0.2, 0.25) is 5.91 Å². The summed E-state index contributed by atoms with van der Waals surface area (Å²) in [5, 5.41) is 6.64. The first-order chi connectivity index (χ1) is 10.6. The molecule has 1 aromatic rings. The fourth-order valence-electron chi connectivity index (χ4n) is 2.26. The van der Waals surface area contributed by atoms with Gasteiger partial charge >= 0.3 is 0 Å². The van der Waals surface area contributed by atoms with Gasteiger partial charge in [0.05, 0.1) is 24.6 Å². The van der Waals surface area contributed by atoms with E-state index < -0.39 is 0 Å². The molecule has 1 fully saturated rings. The van der Waals surface area contributed by atoms with Crippen molar-refractivity contribution in [3.05, 3.63) is 23.2 Å². The predicted octanol–water partition coefficient (Wildman–Crippen LogP) is 2.79. The molecule has 2 N–H and O–H groups in total. The van der Waals surface area contributed by atoms with Crippen molar-refractivity contribution in [2.75, 3.05) is 36.5 Å². The van der Waals surface area contributed by atoms with E-state index in [1.807, 2.05) is 25.1 Å². The first-order valence-corrected chi connectivity index (χ1v) is 8.12. The van der Waals surface area contributed by atoms with Crippen LogP contribution in [0.2, 0.25) is 5.02 Å². The van der Waals surface area contributed by atoms with Gasteiger partial charge in [-0.05, 0) is 36.8 Å². The molecule has 22 heavy (non-hydrogen) atoms. The highest BCUT2D eigenvalue weighted by Crippen LogP contribution is 2.29. The quantitative estimate of drug-likeness (QED) is 0.825. The zero-order valence-corrected chi connectivity index (χ0v) is 14.1. The highest BCUT2D eigenvalue weighted by Gasteiger charge is 2.16. The minimum atomic E-state index is -0.0880. The Balaban J connectivity index is 2.09. The van der Waals surface area contributed by atoms with Gasteiger partial charge in [-0.25, -0.2) is 0 Å². The van der Waals surface area contributed by atoms with Gasteiger partial charge in [0.15, 0.2) is 5.11 Å². The molecule has 0 aliphatic carbocycles. The van der Waals surface area contributed by atoms with E-state index in [0.29, 0.717) is 24.7 Å². The summed E-state index contributed by atoms with van der Waals surface area (Å²) in [4.78, 5) is 13.8. The van der Waals surface area contributed by atoms with Gasteiger partial charge in [-0.15, -0.1) is 0 Å². The lowest BCUT2D eigenvalue weighted by atomic mass is 10.2. The Hall–Kier alpha value is -1.37. The van der Waals surface area contributed by atoms with E-state index in [-0.39, 0.29) is 11.0 Å². The number of halogens is 1. The van der Waals surface area contributed by atoms with Crippen LogP contribution in [-0.4, -0.2) is 37.3 Å². The molecule has 0 atom stereocenters. The fraction of sp³-hybridized carbons (Fsp3) is 0.467.